The van der Waals surface area contributed by atoms with Crippen LogP contribution < -0.4 is 9.62 Å². The van der Waals surface area contributed by atoms with Gasteiger partial charge in [0.15, 0.2) is 0 Å². The molecule has 0 atom stereocenters. The number of benzene rings is 2. The largest absolute Gasteiger partial charge is 0.352 e. The van der Waals surface area contributed by atoms with Crippen LogP contribution >= 0.6 is 23.2 Å². The molecule has 0 heterocycles. The number of nitrogens with zero attached hydrogens (tertiary/aromatic N) is 1. The first-order valence-corrected chi connectivity index (χ1v) is 12.5. The van der Waals surface area contributed by atoms with E-state index < -0.39 is 10.0 Å². The van der Waals surface area contributed by atoms with Gasteiger partial charge in [0.2, 0.25) is 0 Å². The highest BCUT2D eigenvalue weighted by molar-refractivity contribution is 7.93. The molecule has 1 aliphatic carbocycles. The van der Waals surface area contributed by atoms with Crippen molar-refractivity contribution in [3.8, 4) is 0 Å². The van der Waals surface area contributed by atoms with Gasteiger partial charge in [-0.05, 0) is 61.2 Å². The predicted octanol–water partition coefficient (Wildman–Crippen LogP) is 5.68. The van der Waals surface area contributed by atoms with Crippen LogP contribution in [-0.2, 0) is 10.0 Å². The van der Waals surface area contributed by atoms with Crippen LogP contribution in [0.25, 0.3) is 0 Å². The normalized spacial score (nSPS) is 14.8. The van der Waals surface area contributed by atoms with Crippen molar-refractivity contribution in [1.29, 1.82) is 0 Å². The number of carbonyl (C=O) groups excluding carboxylic acids is 1. The third-order valence-corrected chi connectivity index (χ3v) is 7.97. The van der Waals surface area contributed by atoms with Gasteiger partial charge in [-0.3, -0.25) is 9.10 Å². The molecular weight excluding hydrogens is 455 g/mol. The van der Waals surface area contributed by atoms with Crippen molar-refractivity contribution in [3.63, 3.8) is 0 Å². The average molecular weight is 481 g/mol. The monoisotopic (exact) mass is 480 g/mol. The van der Waals surface area contributed by atoms with Gasteiger partial charge in [-0.2, -0.15) is 0 Å². The Morgan fingerprint density at radius 1 is 1.10 bits per heavy atom. The van der Waals surface area contributed by atoms with Crippen LogP contribution in [0.4, 0.5) is 5.69 Å². The topological polar surface area (TPSA) is 66.5 Å². The summed E-state index contributed by atoms with van der Waals surface area (Å²) in [6.07, 6.45) is 7.33. The standard InChI is InChI=1S/C23H26Cl2N2O3S/c1-2-14-27(20-11-9-19(24)10-12-20)31(29,30)22-15-18(8-13-21(22)25)23(28)26-16-17-6-4-3-5-7-17/h2,8-13,15,17H,1,3-7,14,16H2,(H,26,28). The maximum Gasteiger partial charge on any atom is 0.266 e. The van der Waals surface area contributed by atoms with Crippen molar-refractivity contribution in [2.45, 2.75) is 37.0 Å². The third-order valence-electron chi connectivity index (χ3n) is 5.45. The van der Waals surface area contributed by atoms with E-state index in [1.165, 1.54) is 47.8 Å². The van der Waals surface area contributed by atoms with Crippen molar-refractivity contribution in [3.05, 3.63) is 70.7 Å². The first-order valence-electron chi connectivity index (χ1n) is 10.3. The molecule has 1 amide bonds. The molecule has 0 aliphatic heterocycles. The lowest BCUT2D eigenvalue weighted by molar-refractivity contribution is 0.0943. The Morgan fingerprint density at radius 3 is 2.42 bits per heavy atom. The van der Waals surface area contributed by atoms with Crippen LogP contribution in [0, 0.1) is 5.92 Å². The molecule has 31 heavy (non-hydrogen) atoms. The minimum absolute atomic E-state index is 0.0401. The van der Waals surface area contributed by atoms with Gasteiger partial charge in [0.25, 0.3) is 15.9 Å². The van der Waals surface area contributed by atoms with E-state index in [1.807, 2.05) is 0 Å². The quantitative estimate of drug-likeness (QED) is 0.493. The van der Waals surface area contributed by atoms with Crippen molar-refractivity contribution >= 4 is 44.8 Å². The second-order valence-corrected chi connectivity index (χ2v) is 10.3. The maximum absolute atomic E-state index is 13.4. The van der Waals surface area contributed by atoms with Crippen LogP contribution in [0.1, 0.15) is 42.5 Å². The molecule has 1 N–H and O–H groups in total. The number of anilines is 1. The number of rotatable bonds is 8. The van der Waals surface area contributed by atoms with Crippen LogP contribution in [0.5, 0.6) is 0 Å². The second-order valence-electron chi connectivity index (χ2n) is 7.66. The van der Waals surface area contributed by atoms with E-state index in [1.54, 1.807) is 24.3 Å². The zero-order valence-corrected chi connectivity index (χ0v) is 19.5. The molecule has 0 radical (unpaired) electrons. The van der Waals surface area contributed by atoms with E-state index in [0.29, 0.717) is 23.2 Å². The Kier molecular flexibility index (Phi) is 8.03. The average Bonchev–Trinajstić information content (AvgIpc) is 2.77. The summed E-state index contributed by atoms with van der Waals surface area (Å²) >= 11 is 12.2. The Balaban J connectivity index is 1.86. The van der Waals surface area contributed by atoms with Crippen LogP contribution in [0.15, 0.2) is 60.0 Å². The summed E-state index contributed by atoms with van der Waals surface area (Å²) in [5.41, 5.74) is 0.681. The fraction of sp³-hybridized carbons (Fsp3) is 0.348. The highest BCUT2D eigenvalue weighted by Gasteiger charge is 2.28. The van der Waals surface area contributed by atoms with Crippen molar-refractivity contribution in [1.82, 2.24) is 5.32 Å². The fourth-order valence-electron chi connectivity index (χ4n) is 3.76. The molecule has 2 aromatic carbocycles. The van der Waals surface area contributed by atoms with Gasteiger partial charge in [-0.1, -0.05) is 48.5 Å². The van der Waals surface area contributed by atoms with Gasteiger partial charge in [0, 0.05) is 17.1 Å². The lowest BCUT2D eigenvalue weighted by Gasteiger charge is -2.24. The molecule has 0 aromatic heterocycles. The zero-order valence-electron chi connectivity index (χ0n) is 17.2. The SMILES string of the molecule is C=CCN(c1ccc(Cl)cc1)S(=O)(=O)c1cc(C(=O)NCC2CCCCC2)ccc1Cl. The van der Waals surface area contributed by atoms with E-state index in [2.05, 4.69) is 11.9 Å². The maximum atomic E-state index is 13.4. The molecule has 2 aromatic rings. The number of nitrogens with one attached hydrogen (secondary N) is 1. The summed E-state index contributed by atoms with van der Waals surface area (Å²) in [5.74, 6) is 0.168. The molecule has 8 heteroatoms. The van der Waals surface area contributed by atoms with Gasteiger partial charge in [-0.25, -0.2) is 8.42 Å². The Hall–Kier alpha value is -2.02. The van der Waals surface area contributed by atoms with Gasteiger partial charge < -0.3 is 5.32 Å². The predicted molar refractivity (Wildman–Crippen MR) is 127 cm³/mol. The first kappa shape index (κ1) is 23.6. The minimum atomic E-state index is -4.04. The molecule has 0 saturated heterocycles. The molecule has 0 unspecified atom stereocenters. The number of hydrogen-bond acceptors (Lipinski definition) is 3. The zero-order chi connectivity index (χ0) is 22.4. The fourth-order valence-corrected chi connectivity index (χ4v) is 5.82. The number of sulfonamides is 1. The number of carbonyl (C=O) groups is 1. The summed E-state index contributed by atoms with van der Waals surface area (Å²) in [7, 11) is -4.04. The smallest absolute Gasteiger partial charge is 0.266 e. The van der Waals surface area contributed by atoms with Crippen molar-refractivity contribution < 1.29 is 13.2 Å². The lowest BCUT2D eigenvalue weighted by Crippen LogP contribution is -2.32. The lowest BCUT2D eigenvalue weighted by atomic mass is 9.89. The summed E-state index contributed by atoms with van der Waals surface area (Å²) in [4.78, 5) is 12.6. The summed E-state index contributed by atoms with van der Waals surface area (Å²) in [5, 5.41) is 3.48. The van der Waals surface area contributed by atoms with E-state index >= 15 is 0 Å². The Morgan fingerprint density at radius 2 is 1.77 bits per heavy atom. The molecule has 0 spiro atoms. The molecule has 3 rings (SSSR count). The first-order chi connectivity index (χ1) is 14.8. The molecule has 5 nitrogen and oxygen atoms in total. The molecule has 1 fully saturated rings. The highest BCUT2D eigenvalue weighted by Crippen LogP contribution is 2.30. The van der Waals surface area contributed by atoms with Gasteiger partial charge in [0.05, 0.1) is 17.3 Å². The van der Waals surface area contributed by atoms with Crippen LogP contribution in [0.3, 0.4) is 0 Å². The van der Waals surface area contributed by atoms with Gasteiger partial charge >= 0.3 is 0 Å². The van der Waals surface area contributed by atoms with Crippen LogP contribution in [0.2, 0.25) is 10.0 Å². The van der Waals surface area contributed by atoms with E-state index in [-0.39, 0.29) is 27.9 Å². The molecule has 166 valence electrons. The van der Waals surface area contributed by atoms with Crippen molar-refractivity contribution in [2.24, 2.45) is 5.92 Å². The molecular formula is C23H26Cl2N2O3S. The van der Waals surface area contributed by atoms with Crippen LogP contribution in [-0.4, -0.2) is 27.4 Å². The van der Waals surface area contributed by atoms with Crippen molar-refractivity contribution in [2.75, 3.05) is 17.4 Å². The molecule has 0 bridgehead atoms. The third kappa shape index (κ3) is 5.82. The molecule has 1 saturated carbocycles. The number of amides is 1. The van der Waals surface area contributed by atoms with E-state index in [9.17, 15) is 13.2 Å². The van der Waals surface area contributed by atoms with Gasteiger partial charge in [-0.15, -0.1) is 6.58 Å². The number of halogens is 2. The second kappa shape index (κ2) is 10.5. The van der Waals surface area contributed by atoms with Gasteiger partial charge in [0.1, 0.15) is 4.90 Å². The Labute approximate surface area is 194 Å². The molecule has 1 aliphatic rings. The number of hydrogen-bond donors (Lipinski definition) is 1. The Bertz CT molecular complexity index is 1030. The van der Waals surface area contributed by atoms with E-state index in [0.717, 1.165) is 12.8 Å². The highest BCUT2D eigenvalue weighted by atomic mass is 35.5. The summed E-state index contributed by atoms with van der Waals surface area (Å²) in [6.45, 7) is 4.29. The summed E-state index contributed by atoms with van der Waals surface area (Å²) in [6, 6.07) is 10.8. The van der Waals surface area contributed by atoms with E-state index in [4.69, 9.17) is 23.2 Å². The summed E-state index contributed by atoms with van der Waals surface area (Å²) < 4.78 is 28.1. The minimum Gasteiger partial charge on any atom is -0.352 e.